The lowest BCUT2D eigenvalue weighted by Crippen LogP contribution is -2.13. The number of aryl methyl sites for hydroxylation is 2. The fourth-order valence-corrected chi connectivity index (χ4v) is 2.98. The van der Waals surface area contributed by atoms with Crippen LogP contribution < -0.4 is 5.44 Å². The molecule has 0 saturated heterocycles. The summed E-state index contributed by atoms with van der Waals surface area (Å²) in [6.07, 6.45) is 2.30. The van der Waals surface area contributed by atoms with Gasteiger partial charge in [0.25, 0.3) is 0 Å². The van der Waals surface area contributed by atoms with Crippen LogP contribution in [0.25, 0.3) is 5.65 Å². The van der Waals surface area contributed by atoms with Gasteiger partial charge in [-0.15, -0.1) is 10.2 Å². The second kappa shape index (κ2) is 5.19. The number of rotatable bonds is 4. The van der Waals surface area contributed by atoms with Crippen LogP contribution in [0.4, 0.5) is 0 Å². The van der Waals surface area contributed by atoms with Gasteiger partial charge in [-0.05, 0) is 12.5 Å². The molecule has 0 saturated carbocycles. The molecule has 9 nitrogen and oxygen atoms in total. The average molecular weight is 329 g/mol. The molecule has 21 heavy (non-hydrogen) atoms. The highest BCUT2D eigenvalue weighted by Crippen LogP contribution is 2.35. The Balaban J connectivity index is 2.07. The van der Waals surface area contributed by atoms with Gasteiger partial charge < -0.3 is 14.2 Å². The van der Waals surface area contributed by atoms with Gasteiger partial charge in [-0.25, -0.2) is 4.98 Å². The monoisotopic (exact) mass is 328 g/mol. The minimum Gasteiger partial charge on any atom is -0.320 e. The number of aromatic nitrogens is 6. The first-order valence-electron chi connectivity index (χ1n) is 5.90. The quantitative estimate of drug-likeness (QED) is 0.579. The number of pyridine rings is 1. The molecule has 3 heterocycles. The van der Waals surface area contributed by atoms with Gasteiger partial charge in [-0.3, -0.25) is 4.57 Å². The van der Waals surface area contributed by atoms with Crippen LogP contribution in [0, 0.1) is 0 Å². The van der Waals surface area contributed by atoms with Crippen LogP contribution in [0.1, 0.15) is 11.5 Å². The van der Waals surface area contributed by atoms with Gasteiger partial charge >= 0.3 is 7.60 Å². The minimum atomic E-state index is -4.49. The zero-order valence-corrected chi connectivity index (χ0v) is 12.2. The van der Waals surface area contributed by atoms with Gasteiger partial charge in [0, 0.05) is 23.7 Å². The van der Waals surface area contributed by atoms with Crippen molar-refractivity contribution in [1.29, 1.82) is 0 Å². The smallest absolute Gasteiger partial charge is 0.320 e. The van der Waals surface area contributed by atoms with Gasteiger partial charge in [0.15, 0.2) is 11.3 Å². The van der Waals surface area contributed by atoms with Crippen LogP contribution in [-0.4, -0.2) is 39.8 Å². The minimum absolute atomic E-state index is 0.256. The fraction of sp³-hybridized carbons (Fsp3) is 0.200. The largest absolute Gasteiger partial charge is 0.376 e. The summed E-state index contributed by atoms with van der Waals surface area (Å²) in [5.74, 6) is 0.454. The Kier molecular flexibility index (Phi) is 3.50. The summed E-state index contributed by atoms with van der Waals surface area (Å²) in [5, 5.41) is 13.8. The van der Waals surface area contributed by atoms with Gasteiger partial charge in [-0.1, -0.05) is 16.8 Å². The number of H-pyrrole nitrogens is 1. The molecule has 3 aromatic heterocycles. The first kappa shape index (κ1) is 14.2. The summed E-state index contributed by atoms with van der Waals surface area (Å²) in [6.45, 7) is 0. The molecule has 3 aromatic rings. The topological polar surface area (TPSA) is 129 Å². The summed E-state index contributed by atoms with van der Waals surface area (Å²) in [7, 11) is -4.49. The summed E-state index contributed by atoms with van der Waals surface area (Å²) in [4.78, 5) is 22.9. The molecule has 0 aliphatic carbocycles. The van der Waals surface area contributed by atoms with Gasteiger partial charge in [-0.2, -0.15) is 5.21 Å². The van der Waals surface area contributed by atoms with E-state index in [0.717, 1.165) is 0 Å². The molecule has 110 valence electrons. The van der Waals surface area contributed by atoms with E-state index in [-0.39, 0.29) is 5.44 Å². The Morgan fingerprint density at radius 1 is 1.38 bits per heavy atom. The SMILES string of the molecule is O=P(O)(O)c1nc2cc(Cl)ccn2c1CCc1nn[nH]n1. The van der Waals surface area contributed by atoms with E-state index >= 15 is 0 Å². The average Bonchev–Trinajstić information content (AvgIpc) is 3.01. The number of tetrazole rings is 1. The highest BCUT2D eigenvalue weighted by molar-refractivity contribution is 7.60. The lowest BCUT2D eigenvalue weighted by atomic mass is 10.2. The molecule has 0 aliphatic heterocycles. The summed E-state index contributed by atoms with van der Waals surface area (Å²) >= 11 is 5.87. The van der Waals surface area contributed by atoms with Crippen molar-refractivity contribution in [2.75, 3.05) is 0 Å². The van der Waals surface area contributed by atoms with Crippen molar-refractivity contribution >= 4 is 30.3 Å². The lowest BCUT2D eigenvalue weighted by molar-refractivity contribution is 0.386. The number of halogens is 1. The van der Waals surface area contributed by atoms with E-state index in [1.807, 2.05) is 0 Å². The van der Waals surface area contributed by atoms with E-state index in [0.29, 0.717) is 35.0 Å². The Morgan fingerprint density at radius 3 is 2.86 bits per heavy atom. The number of nitrogens with one attached hydrogen (secondary N) is 1. The molecule has 0 spiro atoms. The molecule has 0 bridgehead atoms. The molecule has 0 aliphatic rings. The predicted octanol–water partition coefficient (Wildman–Crippen LogP) is 0.0890. The zero-order valence-electron chi connectivity index (χ0n) is 10.5. The van der Waals surface area contributed by atoms with Crippen LogP contribution in [-0.2, 0) is 17.4 Å². The van der Waals surface area contributed by atoms with Crippen molar-refractivity contribution in [3.63, 3.8) is 0 Å². The highest BCUT2D eigenvalue weighted by atomic mass is 35.5. The first-order valence-corrected chi connectivity index (χ1v) is 7.89. The molecule has 0 amide bonds. The van der Waals surface area contributed by atoms with Gasteiger partial charge in [0.1, 0.15) is 5.65 Å². The molecule has 3 N–H and O–H groups in total. The number of hydrogen-bond acceptors (Lipinski definition) is 5. The second-order valence-corrected chi connectivity index (χ2v) is 6.28. The summed E-state index contributed by atoms with van der Waals surface area (Å²) < 4.78 is 13.2. The van der Waals surface area contributed by atoms with Crippen molar-refractivity contribution < 1.29 is 14.4 Å². The molecular weight excluding hydrogens is 319 g/mol. The molecule has 11 heteroatoms. The van der Waals surface area contributed by atoms with Crippen LogP contribution >= 0.6 is 19.2 Å². The van der Waals surface area contributed by atoms with Crippen LogP contribution in [0.15, 0.2) is 18.3 Å². The third-order valence-electron chi connectivity index (χ3n) is 2.92. The number of fused-ring (bicyclic) bond motifs is 1. The van der Waals surface area contributed by atoms with Crippen LogP contribution in [0.2, 0.25) is 5.02 Å². The van der Waals surface area contributed by atoms with E-state index in [1.54, 1.807) is 22.7 Å². The summed E-state index contributed by atoms with van der Waals surface area (Å²) in [6, 6.07) is 3.16. The van der Waals surface area contributed by atoms with Crippen molar-refractivity contribution in [2.45, 2.75) is 12.8 Å². The predicted molar refractivity (Wildman–Crippen MR) is 73.5 cm³/mol. The molecule has 0 atom stereocenters. The fourth-order valence-electron chi connectivity index (χ4n) is 2.04. The van der Waals surface area contributed by atoms with E-state index in [4.69, 9.17) is 11.6 Å². The number of nitrogens with zero attached hydrogens (tertiary/aromatic N) is 5. The molecule has 0 fully saturated rings. The molecule has 0 aromatic carbocycles. The Bertz CT molecular complexity index is 827. The van der Waals surface area contributed by atoms with Crippen molar-refractivity contribution in [2.24, 2.45) is 0 Å². The van der Waals surface area contributed by atoms with Crippen LogP contribution in [0.5, 0.6) is 0 Å². The molecular formula is C10H10ClN6O3P. The van der Waals surface area contributed by atoms with Crippen LogP contribution in [0.3, 0.4) is 0 Å². The number of hydrogen-bond donors (Lipinski definition) is 3. The maximum absolute atomic E-state index is 11.6. The highest BCUT2D eigenvalue weighted by Gasteiger charge is 2.27. The van der Waals surface area contributed by atoms with Crippen molar-refractivity contribution in [3.8, 4) is 0 Å². The second-order valence-electron chi connectivity index (χ2n) is 4.33. The Morgan fingerprint density at radius 2 is 2.19 bits per heavy atom. The van der Waals surface area contributed by atoms with E-state index < -0.39 is 7.60 Å². The number of imidazole rings is 1. The number of aromatic amines is 1. The van der Waals surface area contributed by atoms with Crippen molar-refractivity contribution in [3.05, 3.63) is 34.9 Å². The molecule has 0 radical (unpaired) electrons. The van der Waals surface area contributed by atoms with E-state index in [1.165, 1.54) is 0 Å². The zero-order chi connectivity index (χ0) is 15.0. The Hall–Kier alpha value is -1.80. The third-order valence-corrected chi connectivity index (χ3v) is 4.06. The standard InChI is InChI=1S/C10H10ClN6O3P/c11-6-3-4-17-7(1-2-8-13-15-16-14-8)10(21(18,19)20)12-9(17)5-6/h3-5H,1-2H2,(H2,18,19,20)(H,13,14,15,16). The van der Waals surface area contributed by atoms with Crippen molar-refractivity contribution in [1.82, 2.24) is 30.0 Å². The maximum Gasteiger partial charge on any atom is 0.376 e. The molecule has 3 rings (SSSR count). The lowest BCUT2D eigenvalue weighted by Gasteiger charge is -2.05. The van der Waals surface area contributed by atoms with E-state index in [2.05, 4.69) is 25.6 Å². The normalized spacial score (nSPS) is 12.1. The van der Waals surface area contributed by atoms with E-state index in [9.17, 15) is 14.4 Å². The maximum atomic E-state index is 11.6. The van der Waals surface area contributed by atoms with Gasteiger partial charge in [0.2, 0.25) is 0 Å². The first-order chi connectivity index (χ1) is 9.95. The summed E-state index contributed by atoms with van der Waals surface area (Å²) in [5.41, 5.74) is 0.525. The Labute approximate surface area is 123 Å². The van der Waals surface area contributed by atoms with Gasteiger partial charge in [0.05, 0.1) is 5.69 Å². The third kappa shape index (κ3) is 2.81. The molecule has 0 unspecified atom stereocenters.